The topological polar surface area (TPSA) is 56.1 Å². The van der Waals surface area contributed by atoms with E-state index in [1.54, 1.807) is 0 Å². The lowest BCUT2D eigenvalue weighted by Crippen LogP contribution is -2.45. The van der Waals surface area contributed by atoms with Gasteiger partial charge in [-0.2, -0.15) is 5.10 Å². The van der Waals surface area contributed by atoms with Gasteiger partial charge in [0.25, 0.3) is 0 Å². The van der Waals surface area contributed by atoms with Crippen LogP contribution in [-0.4, -0.2) is 45.5 Å². The molecule has 0 aromatic carbocycles. The van der Waals surface area contributed by atoms with Crippen molar-refractivity contribution in [3.05, 3.63) is 35.5 Å². The van der Waals surface area contributed by atoms with Crippen LogP contribution in [0, 0.1) is 20.8 Å². The van der Waals surface area contributed by atoms with Crippen molar-refractivity contribution in [2.75, 3.05) is 24.6 Å². The largest absolute Gasteiger partial charge is 0.373 e. The monoisotopic (exact) mass is 287 g/mol. The van der Waals surface area contributed by atoms with Crippen molar-refractivity contribution in [2.45, 2.75) is 33.4 Å². The minimum Gasteiger partial charge on any atom is -0.373 e. The summed E-state index contributed by atoms with van der Waals surface area (Å²) in [6, 6.07) is 0. The van der Waals surface area contributed by atoms with Crippen molar-refractivity contribution in [1.29, 1.82) is 0 Å². The molecule has 3 rings (SSSR count). The molecular weight excluding hydrogens is 266 g/mol. The normalized spacial score (nSPS) is 19.0. The maximum absolute atomic E-state index is 5.86. The van der Waals surface area contributed by atoms with Gasteiger partial charge in [-0.3, -0.25) is 9.67 Å². The van der Waals surface area contributed by atoms with E-state index in [-0.39, 0.29) is 6.10 Å². The van der Waals surface area contributed by atoms with Gasteiger partial charge in [-0.1, -0.05) is 0 Å². The first-order valence-corrected chi connectivity index (χ1v) is 7.27. The second-order valence-electron chi connectivity index (χ2n) is 5.60. The minimum atomic E-state index is 0.125. The summed E-state index contributed by atoms with van der Waals surface area (Å²) in [6.45, 7) is 9.17. The molecule has 0 spiro atoms. The molecule has 0 amide bonds. The van der Waals surface area contributed by atoms with Crippen molar-refractivity contribution in [3.8, 4) is 0 Å². The van der Waals surface area contributed by atoms with Crippen molar-refractivity contribution in [2.24, 2.45) is 0 Å². The van der Waals surface area contributed by atoms with Crippen LogP contribution in [0.1, 0.15) is 17.0 Å². The Morgan fingerprint density at radius 3 is 2.90 bits per heavy atom. The fourth-order valence-electron chi connectivity index (χ4n) is 2.62. The second-order valence-corrected chi connectivity index (χ2v) is 5.60. The van der Waals surface area contributed by atoms with Gasteiger partial charge in [-0.05, 0) is 26.3 Å². The highest BCUT2D eigenvalue weighted by atomic mass is 16.5. The van der Waals surface area contributed by atoms with Crippen LogP contribution >= 0.6 is 0 Å². The molecule has 2 aromatic heterocycles. The molecule has 1 fully saturated rings. The minimum absolute atomic E-state index is 0.125. The molecule has 1 aliphatic heterocycles. The summed E-state index contributed by atoms with van der Waals surface area (Å²) in [4.78, 5) is 11.3. The Balaban J connectivity index is 1.72. The van der Waals surface area contributed by atoms with Crippen LogP contribution in [0.3, 0.4) is 0 Å². The molecule has 3 heterocycles. The first-order chi connectivity index (χ1) is 10.1. The first kappa shape index (κ1) is 14.0. The van der Waals surface area contributed by atoms with Gasteiger partial charge >= 0.3 is 0 Å². The van der Waals surface area contributed by atoms with Gasteiger partial charge in [0.05, 0.1) is 36.8 Å². The van der Waals surface area contributed by atoms with E-state index >= 15 is 0 Å². The number of aromatic nitrogens is 4. The number of ether oxygens (including phenoxy) is 1. The number of rotatable bonds is 3. The van der Waals surface area contributed by atoms with Gasteiger partial charge in [0, 0.05) is 25.5 Å². The van der Waals surface area contributed by atoms with Gasteiger partial charge in [0.2, 0.25) is 0 Å². The van der Waals surface area contributed by atoms with Gasteiger partial charge in [0.1, 0.15) is 0 Å². The quantitative estimate of drug-likeness (QED) is 0.856. The lowest BCUT2D eigenvalue weighted by Gasteiger charge is -2.34. The summed E-state index contributed by atoms with van der Waals surface area (Å²) in [5, 5.41) is 4.33. The molecular formula is C15H21N5O. The summed E-state index contributed by atoms with van der Waals surface area (Å²) in [5.74, 6) is 0.972. The van der Waals surface area contributed by atoms with Crippen molar-refractivity contribution in [3.63, 3.8) is 0 Å². The van der Waals surface area contributed by atoms with Gasteiger partial charge in [-0.15, -0.1) is 0 Å². The zero-order valence-electron chi connectivity index (χ0n) is 12.8. The maximum atomic E-state index is 5.86. The van der Waals surface area contributed by atoms with Crippen molar-refractivity contribution >= 4 is 5.82 Å². The van der Waals surface area contributed by atoms with E-state index in [2.05, 4.69) is 20.0 Å². The standard InChI is InChI=1S/C15H21N5O/c1-11-6-17-20(8-11)10-14-9-19(4-5-21-14)15-13(3)16-7-12(2)18-15/h6-8,14H,4-5,9-10H2,1-3H3/t14-/m1/s1. The number of anilines is 1. The fourth-order valence-corrected chi connectivity index (χ4v) is 2.62. The molecule has 0 N–H and O–H groups in total. The number of hydrogen-bond donors (Lipinski definition) is 0. The van der Waals surface area contributed by atoms with Crippen LogP contribution in [0.2, 0.25) is 0 Å². The fraction of sp³-hybridized carbons (Fsp3) is 0.533. The molecule has 0 radical (unpaired) electrons. The zero-order valence-corrected chi connectivity index (χ0v) is 12.8. The third-order valence-electron chi connectivity index (χ3n) is 3.64. The molecule has 6 nitrogen and oxygen atoms in total. The van der Waals surface area contributed by atoms with Gasteiger partial charge in [0.15, 0.2) is 5.82 Å². The Morgan fingerprint density at radius 1 is 1.29 bits per heavy atom. The lowest BCUT2D eigenvalue weighted by molar-refractivity contribution is 0.0271. The SMILES string of the molecule is Cc1cnn(C[C@H]2CN(c3nc(C)cnc3C)CCO2)c1. The van der Waals surface area contributed by atoms with E-state index in [0.717, 1.165) is 36.8 Å². The summed E-state index contributed by atoms with van der Waals surface area (Å²) in [6.07, 6.45) is 5.85. The van der Waals surface area contributed by atoms with E-state index in [1.807, 2.05) is 44.0 Å². The molecule has 1 atom stereocenters. The van der Waals surface area contributed by atoms with E-state index < -0.39 is 0 Å². The number of hydrogen-bond acceptors (Lipinski definition) is 5. The highest BCUT2D eigenvalue weighted by molar-refractivity contribution is 5.43. The third kappa shape index (κ3) is 3.21. The van der Waals surface area contributed by atoms with E-state index in [9.17, 15) is 0 Å². The summed E-state index contributed by atoms with van der Waals surface area (Å²) >= 11 is 0. The number of morpholine rings is 1. The second kappa shape index (κ2) is 5.81. The van der Waals surface area contributed by atoms with Crippen LogP contribution < -0.4 is 4.90 Å². The number of aryl methyl sites for hydroxylation is 3. The predicted octanol–water partition coefficient (Wildman–Crippen LogP) is 1.50. The Kier molecular flexibility index (Phi) is 3.88. The number of nitrogens with zero attached hydrogens (tertiary/aromatic N) is 5. The highest BCUT2D eigenvalue weighted by Crippen LogP contribution is 2.19. The first-order valence-electron chi connectivity index (χ1n) is 7.27. The van der Waals surface area contributed by atoms with Crippen LogP contribution in [0.5, 0.6) is 0 Å². The van der Waals surface area contributed by atoms with E-state index in [1.165, 1.54) is 5.56 Å². The molecule has 6 heteroatoms. The Bertz CT molecular complexity index is 624. The molecule has 0 saturated carbocycles. The molecule has 1 saturated heterocycles. The van der Waals surface area contributed by atoms with Gasteiger partial charge < -0.3 is 9.64 Å². The summed E-state index contributed by atoms with van der Waals surface area (Å²) in [5.41, 5.74) is 3.08. The third-order valence-corrected chi connectivity index (χ3v) is 3.64. The van der Waals surface area contributed by atoms with Crippen LogP contribution in [0.15, 0.2) is 18.6 Å². The van der Waals surface area contributed by atoms with E-state index in [0.29, 0.717) is 6.61 Å². The molecule has 1 aliphatic rings. The molecule has 0 aliphatic carbocycles. The molecule has 112 valence electrons. The van der Waals surface area contributed by atoms with E-state index in [4.69, 9.17) is 4.74 Å². The Hall–Kier alpha value is -1.95. The highest BCUT2D eigenvalue weighted by Gasteiger charge is 2.23. The zero-order chi connectivity index (χ0) is 14.8. The Labute approximate surface area is 124 Å². The van der Waals surface area contributed by atoms with Crippen LogP contribution in [-0.2, 0) is 11.3 Å². The Morgan fingerprint density at radius 2 is 2.14 bits per heavy atom. The van der Waals surface area contributed by atoms with Crippen molar-refractivity contribution < 1.29 is 4.74 Å². The van der Waals surface area contributed by atoms with Gasteiger partial charge in [-0.25, -0.2) is 4.98 Å². The summed E-state index contributed by atoms with van der Waals surface area (Å²) in [7, 11) is 0. The lowest BCUT2D eigenvalue weighted by atomic mass is 10.2. The molecule has 0 bridgehead atoms. The van der Waals surface area contributed by atoms with Crippen molar-refractivity contribution in [1.82, 2.24) is 19.7 Å². The smallest absolute Gasteiger partial charge is 0.150 e. The van der Waals surface area contributed by atoms with Crippen LogP contribution in [0.25, 0.3) is 0 Å². The molecule has 21 heavy (non-hydrogen) atoms. The maximum Gasteiger partial charge on any atom is 0.150 e. The molecule has 0 unspecified atom stereocenters. The average molecular weight is 287 g/mol. The summed E-state index contributed by atoms with van der Waals surface area (Å²) < 4.78 is 7.81. The molecule has 2 aromatic rings. The average Bonchev–Trinajstić information content (AvgIpc) is 2.87. The van der Waals surface area contributed by atoms with Crippen LogP contribution in [0.4, 0.5) is 5.82 Å². The predicted molar refractivity (Wildman–Crippen MR) is 80.4 cm³/mol.